The number of aromatic nitrogens is 3. The van der Waals surface area contributed by atoms with Crippen molar-refractivity contribution in [2.24, 2.45) is 0 Å². The molecule has 0 aliphatic heterocycles. The van der Waals surface area contributed by atoms with E-state index in [0.717, 1.165) is 11.2 Å². The Kier molecular flexibility index (Phi) is 3.51. The van der Waals surface area contributed by atoms with E-state index in [9.17, 15) is 8.42 Å². The lowest BCUT2D eigenvalue weighted by Gasteiger charge is -1.99. The maximum Gasteiger partial charge on any atom is 0.243 e. The SMILES string of the molecule is Cc1ccn2nc(NCCCS(C)(=O)=O)nc2c1. The molecule has 0 fully saturated rings. The topological polar surface area (TPSA) is 76.4 Å². The summed E-state index contributed by atoms with van der Waals surface area (Å²) in [6, 6.07) is 3.89. The highest BCUT2D eigenvalue weighted by Crippen LogP contribution is 2.07. The molecule has 0 atom stereocenters. The van der Waals surface area contributed by atoms with Gasteiger partial charge in [0, 0.05) is 19.0 Å². The lowest BCUT2D eigenvalue weighted by molar-refractivity contribution is 0.600. The summed E-state index contributed by atoms with van der Waals surface area (Å²) in [6.45, 7) is 2.54. The van der Waals surface area contributed by atoms with Crippen LogP contribution in [0.2, 0.25) is 0 Å². The molecule has 18 heavy (non-hydrogen) atoms. The summed E-state index contributed by atoms with van der Waals surface area (Å²) >= 11 is 0. The average Bonchev–Trinajstić information content (AvgIpc) is 2.65. The first kappa shape index (κ1) is 12.8. The van der Waals surface area contributed by atoms with E-state index < -0.39 is 9.84 Å². The van der Waals surface area contributed by atoms with Gasteiger partial charge in [0.2, 0.25) is 5.95 Å². The van der Waals surface area contributed by atoms with Gasteiger partial charge in [0.1, 0.15) is 9.84 Å². The summed E-state index contributed by atoms with van der Waals surface area (Å²) in [4.78, 5) is 4.30. The van der Waals surface area contributed by atoms with Gasteiger partial charge in [-0.05, 0) is 31.0 Å². The fourth-order valence-electron chi connectivity index (χ4n) is 1.59. The molecule has 6 nitrogen and oxygen atoms in total. The molecule has 0 aromatic carbocycles. The maximum absolute atomic E-state index is 11.0. The van der Waals surface area contributed by atoms with Crippen molar-refractivity contribution in [1.29, 1.82) is 0 Å². The first-order valence-electron chi connectivity index (χ1n) is 5.69. The lowest BCUT2D eigenvalue weighted by Crippen LogP contribution is -2.10. The minimum Gasteiger partial charge on any atom is -0.353 e. The first-order chi connectivity index (χ1) is 8.44. The Morgan fingerprint density at radius 2 is 2.22 bits per heavy atom. The summed E-state index contributed by atoms with van der Waals surface area (Å²) in [5.41, 5.74) is 1.90. The van der Waals surface area contributed by atoms with Gasteiger partial charge >= 0.3 is 0 Å². The van der Waals surface area contributed by atoms with Crippen LogP contribution in [0, 0.1) is 6.92 Å². The predicted molar refractivity (Wildman–Crippen MR) is 70.5 cm³/mol. The van der Waals surface area contributed by atoms with E-state index in [2.05, 4.69) is 15.4 Å². The van der Waals surface area contributed by atoms with Crippen LogP contribution < -0.4 is 5.32 Å². The Labute approximate surface area is 106 Å². The molecule has 0 amide bonds. The highest BCUT2D eigenvalue weighted by atomic mass is 32.2. The Morgan fingerprint density at radius 1 is 1.44 bits per heavy atom. The third kappa shape index (κ3) is 3.43. The fraction of sp³-hybridized carbons (Fsp3) is 0.455. The minimum absolute atomic E-state index is 0.173. The average molecular weight is 268 g/mol. The lowest BCUT2D eigenvalue weighted by atomic mass is 10.3. The van der Waals surface area contributed by atoms with Gasteiger partial charge < -0.3 is 5.32 Å². The highest BCUT2D eigenvalue weighted by molar-refractivity contribution is 7.90. The monoisotopic (exact) mass is 268 g/mol. The van der Waals surface area contributed by atoms with E-state index in [-0.39, 0.29) is 5.75 Å². The molecular formula is C11H16N4O2S. The Morgan fingerprint density at radius 3 is 2.94 bits per heavy atom. The molecule has 0 saturated heterocycles. The molecule has 2 heterocycles. The number of pyridine rings is 1. The van der Waals surface area contributed by atoms with Crippen molar-refractivity contribution in [2.75, 3.05) is 23.9 Å². The number of nitrogens with one attached hydrogen (secondary N) is 1. The van der Waals surface area contributed by atoms with Crippen molar-refractivity contribution in [2.45, 2.75) is 13.3 Å². The first-order valence-corrected chi connectivity index (χ1v) is 7.75. The molecule has 0 spiro atoms. The third-order valence-electron chi connectivity index (χ3n) is 2.47. The Hall–Kier alpha value is -1.63. The zero-order chi connectivity index (χ0) is 13.2. The van der Waals surface area contributed by atoms with Gasteiger partial charge in [-0.2, -0.15) is 4.98 Å². The quantitative estimate of drug-likeness (QED) is 0.815. The number of hydrogen-bond donors (Lipinski definition) is 1. The summed E-state index contributed by atoms with van der Waals surface area (Å²) in [7, 11) is -2.89. The van der Waals surface area contributed by atoms with Crippen LogP contribution in [0.1, 0.15) is 12.0 Å². The molecule has 0 aliphatic carbocycles. The van der Waals surface area contributed by atoms with Crippen molar-refractivity contribution in [3.8, 4) is 0 Å². The maximum atomic E-state index is 11.0. The second kappa shape index (κ2) is 4.93. The van der Waals surface area contributed by atoms with Gasteiger partial charge in [-0.3, -0.25) is 0 Å². The molecular weight excluding hydrogens is 252 g/mol. The van der Waals surface area contributed by atoms with Crippen molar-refractivity contribution >= 4 is 21.4 Å². The van der Waals surface area contributed by atoms with E-state index in [0.29, 0.717) is 18.9 Å². The van der Waals surface area contributed by atoms with Crippen LogP contribution >= 0.6 is 0 Å². The number of hydrogen-bond acceptors (Lipinski definition) is 5. The molecule has 2 aromatic heterocycles. The second-order valence-electron chi connectivity index (χ2n) is 4.35. The summed E-state index contributed by atoms with van der Waals surface area (Å²) in [5.74, 6) is 0.695. The van der Waals surface area contributed by atoms with Crippen molar-refractivity contribution in [3.63, 3.8) is 0 Å². The van der Waals surface area contributed by atoms with Gasteiger partial charge in [0.25, 0.3) is 0 Å². The number of nitrogens with zero attached hydrogens (tertiary/aromatic N) is 3. The van der Waals surface area contributed by atoms with Crippen LogP contribution in [0.3, 0.4) is 0 Å². The molecule has 0 bridgehead atoms. The molecule has 98 valence electrons. The molecule has 0 unspecified atom stereocenters. The third-order valence-corrected chi connectivity index (χ3v) is 3.50. The summed E-state index contributed by atoms with van der Waals surface area (Å²) < 4.78 is 23.6. The van der Waals surface area contributed by atoms with Crippen LogP contribution in [0.5, 0.6) is 0 Å². The highest BCUT2D eigenvalue weighted by Gasteiger charge is 2.04. The van der Waals surface area contributed by atoms with Gasteiger partial charge in [0.05, 0.1) is 5.75 Å². The number of anilines is 1. The molecule has 2 rings (SSSR count). The molecule has 1 N–H and O–H groups in total. The molecule has 0 radical (unpaired) electrons. The summed E-state index contributed by atoms with van der Waals surface area (Å²) in [5, 5.41) is 7.25. The van der Waals surface area contributed by atoms with Crippen LogP contribution in [0.15, 0.2) is 18.3 Å². The minimum atomic E-state index is -2.89. The van der Waals surface area contributed by atoms with Gasteiger partial charge in [0.15, 0.2) is 5.65 Å². The normalized spacial score (nSPS) is 11.9. The molecule has 2 aromatic rings. The van der Waals surface area contributed by atoms with E-state index >= 15 is 0 Å². The largest absolute Gasteiger partial charge is 0.353 e. The molecule has 0 saturated carbocycles. The van der Waals surface area contributed by atoms with Crippen LogP contribution in [0.4, 0.5) is 5.95 Å². The zero-order valence-corrected chi connectivity index (χ0v) is 11.2. The fourth-order valence-corrected chi connectivity index (χ4v) is 2.26. The van der Waals surface area contributed by atoms with Crippen molar-refractivity contribution < 1.29 is 8.42 Å². The number of fused-ring (bicyclic) bond motifs is 1. The van der Waals surface area contributed by atoms with Gasteiger partial charge in [-0.15, -0.1) is 5.10 Å². The van der Waals surface area contributed by atoms with E-state index in [1.807, 2.05) is 25.3 Å². The van der Waals surface area contributed by atoms with Crippen LogP contribution in [-0.2, 0) is 9.84 Å². The predicted octanol–water partition coefficient (Wildman–Crippen LogP) is 0.884. The number of sulfone groups is 1. The zero-order valence-electron chi connectivity index (χ0n) is 10.4. The van der Waals surface area contributed by atoms with Crippen molar-refractivity contribution in [1.82, 2.24) is 14.6 Å². The van der Waals surface area contributed by atoms with E-state index in [4.69, 9.17) is 0 Å². The van der Waals surface area contributed by atoms with E-state index in [1.165, 1.54) is 6.26 Å². The van der Waals surface area contributed by atoms with Crippen LogP contribution in [0.25, 0.3) is 5.65 Å². The Balaban J connectivity index is 1.96. The smallest absolute Gasteiger partial charge is 0.243 e. The van der Waals surface area contributed by atoms with Gasteiger partial charge in [-0.25, -0.2) is 12.9 Å². The Bertz CT molecular complexity index is 648. The standard InChI is InChI=1S/C11H16N4O2S/c1-9-4-6-15-10(8-9)13-11(14-15)12-5-3-7-18(2,16)17/h4,6,8H,3,5,7H2,1-2H3,(H,12,14). The van der Waals surface area contributed by atoms with Crippen molar-refractivity contribution in [3.05, 3.63) is 23.9 Å². The van der Waals surface area contributed by atoms with Crippen LogP contribution in [-0.4, -0.2) is 41.6 Å². The molecule has 7 heteroatoms. The molecule has 0 aliphatic rings. The number of rotatable bonds is 5. The second-order valence-corrected chi connectivity index (χ2v) is 6.61. The van der Waals surface area contributed by atoms with E-state index in [1.54, 1.807) is 4.52 Å². The number of aryl methyl sites for hydroxylation is 1. The van der Waals surface area contributed by atoms with Gasteiger partial charge in [-0.1, -0.05) is 0 Å². The summed E-state index contributed by atoms with van der Waals surface area (Å²) in [6.07, 6.45) is 3.63.